The third-order valence-electron chi connectivity index (χ3n) is 3.40. The number of carbonyl (C=O) groups is 2. The van der Waals surface area contributed by atoms with Crippen LogP contribution in [-0.2, 0) is 9.59 Å². The summed E-state index contributed by atoms with van der Waals surface area (Å²) in [7, 11) is 0. The van der Waals surface area contributed by atoms with Gasteiger partial charge in [0.2, 0.25) is 0 Å². The van der Waals surface area contributed by atoms with E-state index in [9.17, 15) is 14.7 Å². The summed E-state index contributed by atoms with van der Waals surface area (Å²) in [5.41, 5.74) is 2.80. The van der Waals surface area contributed by atoms with Crippen molar-refractivity contribution in [2.24, 2.45) is 5.10 Å². The maximum Gasteiger partial charge on any atom is 0.329 e. The SMILES string of the molecule is O=C(N/N=C/c1cccc(O)c1)C(=O)NC1CCCCC1. The summed E-state index contributed by atoms with van der Waals surface area (Å²) in [6, 6.07) is 6.50. The second kappa shape index (κ2) is 7.42. The molecule has 0 unspecified atom stereocenters. The van der Waals surface area contributed by atoms with E-state index in [1.807, 2.05) is 0 Å². The van der Waals surface area contributed by atoms with E-state index in [0.29, 0.717) is 5.56 Å². The van der Waals surface area contributed by atoms with Crippen LogP contribution in [0.5, 0.6) is 5.75 Å². The molecule has 0 atom stereocenters. The van der Waals surface area contributed by atoms with Crippen LogP contribution in [-0.4, -0.2) is 29.2 Å². The number of rotatable bonds is 3. The Morgan fingerprint density at radius 2 is 1.95 bits per heavy atom. The maximum atomic E-state index is 11.7. The van der Waals surface area contributed by atoms with Crippen molar-refractivity contribution in [2.75, 3.05) is 0 Å². The number of carbonyl (C=O) groups excluding carboxylic acids is 2. The average Bonchev–Trinajstić information content (AvgIpc) is 2.48. The number of nitrogens with zero attached hydrogens (tertiary/aromatic N) is 1. The van der Waals surface area contributed by atoms with E-state index in [1.54, 1.807) is 12.1 Å². The Hall–Kier alpha value is -2.37. The first-order chi connectivity index (χ1) is 10.1. The molecule has 21 heavy (non-hydrogen) atoms. The highest BCUT2D eigenvalue weighted by Gasteiger charge is 2.19. The van der Waals surface area contributed by atoms with Crippen LogP contribution in [0.1, 0.15) is 37.7 Å². The molecule has 1 aromatic carbocycles. The fraction of sp³-hybridized carbons (Fsp3) is 0.400. The zero-order chi connectivity index (χ0) is 15.1. The third-order valence-corrected chi connectivity index (χ3v) is 3.40. The van der Waals surface area contributed by atoms with E-state index >= 15 is 0 Å². The Morgan fingerprint density at radius 3 is 2.67 bits per heavy atom. The molecule has 0 heterocycles. The molecule has 1 saturated carbocycles. The van der Waals surface area contributed by atoms with Crippen LogP contribution in [0.3, 0.4) is 0 Å². The minimum atomic E-state index is -0.781. The molecule has 1 aromatic rings. The first-order valence-electron chi connectivity index (χ1n) is 7.08. The van der Waals surface area contributed by atoms with E-state index in [-0.39, 0.29) is 11.8 Å². The van der Waals surface area contributed by atoms with Crippen LogP contribution in [0.15, 0.2) is 29.4 Å². The minimum absolute atomic E-state index is 0.0899. The van der Waals surface area contributed by atoms with Crippen LogP contribution in [0.4, 0.5) is 0 Å². The minimum Gasteiger partial charge on any atom is -0.508 e. The standard InChI is InChI=1S/C15H19N3O3/c19-13-8-4-5-11(9-13)10-16-18-15(21)14(20)17-12-6-2-1-3-7-12/h4-5,8-10,12,19H,1-3,6-7H2,(H,17,20)(H,18,21)/b16-10+. The molecule has 0 aromatic heterocycles. The van der Waals surface area contributed by atoms with Crippen molar-refractivity contribution in [1.82, 2.24) is 10.7 Å². The third kappa shape index (κ3) is 4.91. The summed E-state index contributed by atoms with van der Waals surface area (Å²) in [5, 5.41) is 15.7. The summed E-state index contributed by atoms with van der Waals surface area (Å²) < 4.78 is 0. The molecule has 2 amide bonds. The van der Waals surface area contributed by atoms with Crippen molar-refractivity contribution in [2.45, 2.75) is 38.1 Å². The predicted octanol–water partition coefficient (Wildman–Crippen LogP) is 1.29. The number of benzene rings is 1. The Kier molecular flexibility index (Phi) is 5.31. The van der Waals surface area contributed by atoms with Crippen LogP contribution >= 0.6 is 0 Å². The zero-order valence-corrected chi connectivity index (χ0v) is 11.7. The van der Waals surface area contributed by atoms with Crippen LogP contribution < -0.4 is 10.7 Å². The summed E-state index contributed by atoms with van der Waals surface area (Å²) in [4.78, 5) is 23.3. The van der Waals surface area contributed by atoms with E-state index in [0.717, 1.165) is 25.7 Å². The van der Waals surface area contributed by atoms with Gasteiger partial charge in [0.05, 0.1) is 6.21 Å². The predicted molar refractivity (Wildman–Crippen MR) is 78.9 cm³/mol. The molecule has 0 spiro atoms. The van der Waals surface area contributed by atoms with Gasteiger partial charge in [0.1, 0.15) is 5.75 Å². The highest BCUT2D eigenvalue weighted by Crippen LogP contribution is 2.17. The first-order valence-corrected chi connectivity index (χ1v) is 7.08. The van der Waals surface area contributed by atoms with Gasteiger partial charge in [0, 0.05) is 6.04 Å². The lowest BCUT2D eigenvalue weighted by molar-refractivity contribution is -0.139. The van der Waals surface area contributed by atoms with Gasteiger partial charge in [-0.05, 0) is 30.5 Å². The van der Waals surface area contributed by atoms with Crippen molar-refractivity contribution >= 4 is 18.0 Å². The molecular formula is C15H19N3O3. The molecule has 2 rings (SSSR count). The summed E-state index contributed by atoms with van der Waals surface area (Å²) in [5.74, 6) is -1.33. The molecule has 1 fully saturated rings. The summed E-state index contributed by atoms with van der Waals surface area (Å²) in [6.07, 6.45) is 6.57. The monoisotopic (exact) mass is 289 g/mol. The molecular weight excluding hydrogens is 270 g/mol. The quantitative estimate of drug-likeness (QED) is 0.445. The molecule has 0 radical (unpaired) electrons. The van der Waals surface area contributed by atoms with Gasteiger partial charge in [-0.1, -0.05) is 31.4 Å². The van der Waals surface area contributed by atoms with Crippen molar-refractivity contribution < 1.29 is 14.7 Å². The van der Waals surface area contributed by atoms with Gasteiger partial charge in [-0.15, -0.1) is 0 Å². The van der Waals surface area contributed by atoms with Crippen molar-refractivity contribution in [1.29, 1.82) is 0 Å². The number of phenolic OH excluding ortho intramolecular Hbond substituents is 1. The first kappa shape index (κ1) is 15.0. The summed E-state index contributed by atoms with van der Waals surface area (Å²) >= 11 is 0. The molecule has 3 N–H and O–H groups in total. The number of hydrazone groups is 1. The Balaban J connectivity index is 1.79. The van der Waals surface area contributed by atoms with Crippen LogP contribution in [0.2, 0.25) is 0 Å². The number of aromatic hydroxyl groups is 1. The highest BCUT2D eigenvalue weighted by atomic mass is 16.3. The second-order valence-corrected chi connectivity index (χ2v) is 5.10. The van der Waals surface area contributed by atoms with Gasteiger partial charge < -0.3 is 10.4 Å². The van der Waals surface area contributed by atoms with Crippen LogP contribution in [0.25, 0.3) is 0 Å². The molecule has 112 valence electrons. The average molecular weight is 289 g/mol. The Morgan fingerprint density at radius 1 is 1.19 bits per heavy atom. The van der Waals surface area contributed by atoms with Crippen molar-refractivity contribution in [3.05, 3.63) is 29.8 Å². The van der Waals surface area contributed by atoms with Crippen molar-refractivity contribution in [3.8, 4) is 5.75 Å². The second-order valence-electron chi connectivity index (χ2n) is 5.10. The molecule has 0 saturated heterocycles. The Bertz CT molecular complexity index is 537. The van der Waals surface area contributed by atoms with Gasteiger partial charge in [-0.3, -0.25) is 9.59 Å². The van der Waals surface area contributed by atoms with E-state index in [1.165, 1.54) is 24.8 Å². The molecule has 0 aliphatic heterocycles. The Labute approximate surface area is 123 Å². The van der Waals surface area contributed by atoms with Crippen molar-refractivity contribution in [3.63, 3.8) is 0 Å². The molecule has 0 bridgehead atoms. The molecule has 6 nitrogen and oxygen atoms in total. The zero-order valence-electron chi connectivity index (χ0n) is 11.7. The molecule has 1 aliphatic carbocycles. The van der Waals surface area contributed by atoms with Crippen LogP contribution in [0, 0.1) is 0 Å². The lowest BCUT2D eigenvalue weighted by atomic mass is 9.95. The fourth-order valence-electron chi connectivity index (χ4n) is 2.32. The van der Waals surface area contributed by atoms with E-state index in [4.69, 9.17) is 0 Å². The van der Waals surface area contributed by atoms with E-state index < -0.39 is 11.8 Å². The van der Waals surface area contributed by atoms with Gasteiger partial charge in [0.15, 0.2) is 0 Å². The van der Waals surface area contributed by atoms with Gasteiger partial charge in [0.25, 0.3) is 0 Å². The van der Waals surface area contributed by atoms with Gasteiger partial charge in [-0.2, -0.15) is 5.10 Å². The maximum absolute atomic E-state index is 11.7. The normalized spacial score (nSPS) is 15.8. The number of hydrogen-bond acceptors (Lipinski definition) is 4. The van der Waals surface area contributed by atoms with Gasteiger partial charge >= 0.3 is 11.8 Å². The number of nitrogens with one attached hydrogen (secondary N) is 2. The molecule has 6 heteroatoms. The fourth-order valence-corrected chi connectivity index (χ4v) is 2.32. The smallest absolute Gasteiger partial charge is 0.329 e. The summed E-state index contributed by atoms with van der Waals surface area (Å²) in [6.45, 7) is 0. The number of hydrogen-bond donors (Lipinski definition) is 3. The highest BCUT2D eigenvalue weighted by molar-refractivity contribution is 6.35. The largest absolute Gasteiger partial charge is 0.508 e. The van der Waals surface area contributed by atoms with E-state index in [2.05, 4.69) is 15.8 Å². The van der Waals surface area contributed by atoms with Gasteiger partial charge in [-0.25, -0.2) is 5.43 Å². The number of phenols is 1. The lowest BCUT2D eigenvalue weighted by Crippen LogP contribution is -2.44. The topological polar surface area (TPSA) is 90.8 Å². The lowest BCUT2D eigenvalue weighted by Gasteiger charge is -2.22. The number of amides is 2. The molecule has 1 aliphatic rings.